The van der Waals surface area contributed by atoms with Gasteiger partial charge in [-0.1, -0.05) is 0 Å². The Labute approximate surface area is 103 Å². The van der Waals surface area contributed by atoms with Crippen molar-refractivity contribution in [1.29, 1.82) is 0 Å². The molecular formula is C12H22N2O3. The van der Waals surface area contributed by atoms with E-state index in [4.69, 9.17) is 9.47 Å². The maximum atomic E-state index is 11.7. The smallest absolute Gasteiger partial charge is 0.410 e. The number of nitrogens with zero attached hydrogens (tertiary/aromatic N) is 2. The van der Waals surface area contributed by atoms with Gasteiger partial charge in [-0.3, -0.25) is 9.80 Å². The van der Waals surface area contributed by atoms with Crippen molar-refractivity contribution in [3.8, 4) is 0 Å². The average Bonchev–Trinajstić information content (AvgIpc) is 2.60. The molecule has 2 rings (SSSR count). The van der Waals surface area contributed by atoms with Crippen LogP contribution in [0.15, 0.2) is 0 Å². The minimum atomic E-state index is -0.184. The third-order valence-corrected chi connectivity index (χ3v) is 3.25. The SMILES string of the molecule is CC(C)(C)N1CC(CN2CCOCC2)OC1=O. The molecule has 5 nitrogen and oxygen atoms in total. The van der Waals surface area contributed by atoms with Crippen molar-refractivity contribution < 1.29 is 14.3 Å². The summed E-state index contributed by atoms with van der Waals surface area (Å²) in [5.74, 6) is 0. The van der Waals surface area contributed by atoms with Gasteiger partial charge in [0.1, 0.15) is 6.10 Å². The van der Waals surface area contributed by atoms with Crippen molar-refractivity contribution in [3.05, 3.63) is 0 Å². The van der Waals surface area contributed by atoms with E-state index in [0.29, 0.717) is 6.54 Å². The standard InChI is InChI=1S/C12H22N2O3/c1-12(2,3)14-9-10(17-11(14)15)8-13-4-6-16-7-5-13/h10H,4-9H2,1-3H3. The van der Waals surface area contributed by atoms with Gasteiger partial charge in [-0.25, -0.2) is 4.79 Å². The van der Waals surface area contributed by atoms with Gasteiger partial charge in [0.05, 0.1) is 19.8 Å². The van der Waals surface area contributed by atoms with E-state index in [9.17, 15) is 4.79 Å². The van der Waals surface area contributed by atoms with Crippen LogP contribution >= 0.6 is 0 Å². The summed E-state index contributed by atoms with van der Waals surface area (Å²) in [6.07, 6.45) is -0.185. The number of ether oxygens (including phenoxy) is 2. The molecule has 1 atom stereocenters. The van der Waals surface area contributed by atoms with Crippen molar-refractivity contribution in [1.82, 2.24) is 9.80 Å². The van der Waals surface area contributed by atoms with Crippen LogP contribution in [-0.2, 0) is 9.47 Å². The Morgan fingerprint density at radius 1 is 1.29 bits per heavy atom. The van der Waals surface area contributed by atoms with Crippen molar-refractivity contribution >= 4 is 6.09 Å². The van der Waals surface area contributed by atoms with Gasteiger partial charge in [-0.15, -0.1) is 0 Å². The number of cyclic esters (lactones) is 1. The molecule has 0 spiro atoms. The first-order chi connectivity index (χ1) is 7.97. The molecule has 0 radical (unpaired) electrons. The van der Waals surface area contributed by atoms with Crippen LogP contribution in [0.25, 0.3) is 0 Å². The zero-order valence-corrected chi connectivity index (χ0v) is 10.9. The molecule has 2 heterocycles. The van der Waals surface area contributed by atoms with Crippen molar-refractivity contribution in [2.24, 2.45) is 0 Å². The summed E-state index contributed by atoms with van der Waals surface area (Å²) in [6.45, 7) is 11.0. The van der Waals surface area contributed by atoms with Gasteiger partial charge in [0.25, 0.3) is 0 Å². The summed E-state index contributed by atoms with van der Waals surface area (Å²) in [5.41, 5.74) is -0.156. The minimum absolute atomic E-state index is 0.000162. The molecule has 0 aromatic carbocycles. The van der Waals surface area contributed by atoms with Gasteiger partial charge in [-0.2, -0.15) is 0 Å². The fourth-order valence-electron chi connectivity index (χ4n) is 2.24. The highest BCUT2D eigenvalue weighted by Crippen LogP contribution is 2.22. The molecule has 0 aromatic heterocycles. The summed E-state index contributed by atoms with van der Waals surface area (Å²) >= 11 is 0. The first-order valence-corrected chi connectivity index (χ1v) is 6.25. The number of morpholine rings is 1. The van der Waals surface area contributed by atoms with E-state index in [1.165, 1.54) is 0 Å². The zero-order valence-electron chi connectivity index (χ0n) is 10.9. The lowest BCUT2D eigenvalue weighted by Crippen LogP contribution is -2.44. The Kier molecular flexibility index (Phi) is 3.58. The predicted octanol–water partition coefficient (Wildman–Crippen LogP) is 0.938. The molecule has 0 N–H and O–H groups in total. The fourth-order valence-corrected chi connectivity index (χ4v) is 2.24. The molecule has 1 amide bonds. The second-order valence-corrected chi connectivity index (χ2v) is 5.70. The lowest BCUT2D eigenvalue weighted by atomic mass is 10.1. The van der Waals surface area contributed by atoms with E-state index in [-0.39, 0.29) is 17.7 Å². The lowest BCUT2D eigenvalue weighted by molar-refractivity contribution is 0.0188. The number of amides is 1. The van der Waals surface area contributed by atoms with Crippen LogP contribution in [-0.4, -0.2) is 66.9 Å². The molecule has 2 aliphatic rings. The van der Waals surface area contributed by atoms with Gasteiger partial charge in [0.2, 0.25) is 0 Å². The summed E-state index contributed by atoms with van der Waals surface area (Å²) in [4.78, 5) is 15.8. The van der Waals surface area contributed by atoms with Gasteiger partial charge in [0.15, 0.2) is 0 Å². The third kappa shape index (κ3) is 3.10. The average molecular weight is 242 g/mol. The van der Waals surface area contributed by atoms with Crippen molar-refractivity contribution in [3.63, 3.8) is 0 Å². The highest BCUT2D eigenvalue weighted by molar-refractivity contribution is 5.70. The predicted molar refractivity (Wildman–Crippen MR) is 64.0 cm³/mol. The summed E-state index contributed by atoms with van der Waals surface area (Å²) in [5, 5.41) is 0. The Bertz CT molecular complexity index is 282. The Morgan fingerprint density at radius 3 is 2.47 bits per heavy atom. The second-order valence-electron chi connectivity index (χ2n) is 5.70. The van der Waals surface area contributed by atoms with Crippen LogP contribution < -0.4 is 0 Å². The lowest BCUT2D eigenvalue weighted by Gasteiger charge is -2.30. The van der Waals surface area contributed by atoms with E-state index in [1.54, 1.807) is 4.90 Å². The molecule has 2 saturated heterocycles. The Morgan fingerprint density at radius 2 is 1.94 bits per heavy atom. The maximum Gasteiger partial charge on any atom is 0.410 e. The molecule has 0 saturated carbocycles. The van der Waals surface area contributed by atoms with Gasteiger partial charge >= 0.3 is 6.09 Å². The largest absolute Gasteiger partial charge is 0.443 e. The highest BCUT2D eigenvalue weighted by Gasteiger charge is 2.38. The van der Waals surface area contributed by atoms with Crippen LogP contribution in [0, 0.1) is 0 Å². The number of hydrogen-bond acceptors (Lipinski definition) is 4. The molecule has 2 aliphatic heterocycles. The summed E-state index contributed by atoms with van der Waals surface area (Å²) in [6, 6.07) is 0. The number of rotatable bonds is 2. The van der Waals surface area contributed by atoms with Gasteiger partial charge in [0, 0.05) is 25.2 Å². The minimum Gasteiger partial charge on any atom is -0.443 e. The maximum absolute atomic E-state index is 11.7. The van der Waals surface area contributed by atoms with Crippen LogP contribution in [0.3, 0.4) is 0 Å². The first kappa shape index (κ1) is 12.6. The zero-order chi connectivity index (χ0) is 12.5. The van der Waals surface area contributed by atoms with Gasteiger partial charge < -0.3 is 9.47 Å². The molecule has 0 bridgehead atoms. The number of carbonyl (C=O) groups is 1. The molecule has 0 aromatic rings. The van der Waals surface area contributed by atoms with E-state index < -0.39 is 0 Å². The molecule has 17 heavy (non-hydrogen) atoms. The van der Waals surface area contributed by atoms with E-state index in [1.807, 2.05) is 20.8 Å². The summed E-state index contributed by atoms with van der Waals surface area (Å²) in [7, 11) is 0. The van der Waals surface area contributed by atoms with Crippen LogP contribution in [0.5, 0.6) is 0 Å². The Hall–Kier alpha value is -0.810. The number of carbonyl (C=O) groups excluding carboxylic acids is 1. The van der Waals surface area contributed by atoms with Gasteiger partial charge in [-0.05, 0) is 20.8 Å². The molecular weight excluding hydrogens is 220 g/mol. The molecule has 5 heteroatoms. The van der Waals surface area contributed by atoms with E-state index in [2.05, 4.69) is 4.90 Å². The Balaban J connectivity index is 1.86. The summed E-state index contributed by atoms with van der Waals surface area (Å²) < 4.78 is 10.7. The molecule has 0 aliphatic carbocycles. The van der Waals surface area contributed by atoms with Crippen LogP contribution in [0.1, 0.15) is 20.8 Å². The van der Waals surface area contributed by atoms with E-state index >= 15 is 0 Å². The monoisotopic (exact) mass is 242 g/mol. The third-order valence-electron chi connectivity index (χ3n) is 3.25. The molecule has 1 unspecified atom stereocenters. The normalized spacial score (nSPS) is 27.4. The number of hydrogen-bond donors (Lipinski definition) is 0. The van der Waals surface area contributed by atoms with E-state index in [0.717, 1.165) is 32.8 Å². The van der Waals surface area contributed by atoms with Crippen LogP contribution in [0.4, 0.5) is 4.79 Å². The van der Waals surface area contributed by atoms with Crippen molar-refractivity contribution in [2.45, 2.75) is 32.4 Å². The van der Waals surface area contributed by atoms with Crippen LogP contribution in [0.2, 0.25) is 0 Å². The molecule has 98 valence electrons. The topological polar surface area (TPSA) is 42.0 Å². The fraction of sp³-hybridized carbons (Fsp3) is 0.917. The molecule has 2 fully saturated rings. The first-order valence-electron chi connectivity index (χ1n) is 6.25. The second kappa shape index (κ2) is 4.82. The highest BCUT2D eigenvalue weighted by atomic mass is 16.6. The quantitative estimate of drug-likeness (QED) is 0.722. The van der Waals surface area contributed by atoms with Crippen molar-refractivity contribution in [2.75, 3.05) is 39.4 Å².